The van der Waals surface area contributed by atoms with E-state index in [1.165, 1.54) is 71.8 Å². The van der Waals surface area contributed by atoms with Crippen molar-refractivity contribution in [2.24, 2.45) is 5.73 Å². The molecule has 11 atom stereocenters. The maximum atomic E-state index is 15.2. The Morgan fingerprint density at radius 1 is 0.856 bits per heavy atom. The van der Waals surface area contributed by atoms with Crippen molar-refractivity contribution < 1.29 is 87.3 Å². The lowest BCUT2D eigenvalue weighted by Crippen LogP contribution is -2.62. The number of pyridine rings is 1. The van der Waals surface area contributed by atoms with Gasteiger partial charge in [-0.25, -0.2) is 39.5 Å². The summed E-state index contributed by atoms with van der Waals surface area (Å²) < 4.78 is 38.3. The number of methoxy groups -OCH3 is 1. The molecule has 6 amide bonds. The smallest absolute Gasteiger partial charge is 0.358 e. The van der Waals surface area contributed by atoms with Crippen LogP contribution in [0.15, 0.2) is 56.9 Å². The van der Waals surface area contributed by atoms with E-state index in [2.05, 4.69) is 41.5 Å². The molecule has 0 aliphatic carbocycles. The van der Waals surface area contributed by atoms with E-state index < -0.39 is 145 Å². The third kappa shape index (κ3) is 15.6. The lowest BCUT2D eigenvalue weighted by molar-refractivity contribution is -0.280. The van der Waals surface area contributed by atoms with Crippen molar-refractivity contribution in [3.8, 4) is 38.4 Å². The molecule has 0 spiro atoms. The first kappa shape index (κ1) is 74.7. The summed E-state index contributed by atoms with van der Waals surface area (Å²) in [4.78, 5) is 148. The molecule has 0 radical (unpaired) electrons. The molecule has 33 nitrogen and oxygen atoms in total. The van der Waals surface area contributed by atoms with Crippen LogP contribution in [0.25, 0.3) is 49.3 Å². The van der Waals surface area contributed by atoms with Gasteiger partial charge in [-0.1, -0.05) is 12.1 Å². The molecule has 12 rings (SSSR count). The van der Waals surface area contributed by atoms with Crippen LogP contribution < -0.4 is 32.3 Å². The summed E-state index contributed by atoms with van der Waals surface area (Å²) in [5, 5.41) is 68.3. The number of aliphatic hydroxyl groups excluding tert-OH is 1. The number of primary amides is 1. The number of nitrogens with one attached hydrogen (secondary N) is 5. The molecule has 7 aromatic heterocycles. The average Bonchev–Trinajstić information content (AvgIpc) is 1.57. The number of ether oxygens (including phenoxy) is 6. The van der Waals surface area contributed by atoms with Gasteiger partial charge in [0.15, 0.2) is 18.1 Å². The number of amides is 6. The number of cyclic esters (lactones) is 2. The summed E-state index contributed by atoms with van der Waals surface area (Å²) in [6.45, 7) is 4.96. The molecule has 1 saturated heterocycles. The fourth-order valence-corrected chi connectivity index (χ4v) is 17.7. The molecule has 0 saturated carbocycles. The summed E-state index contributed by atoms with van der Waals surface area (Å²) in [6.07, 6.45) is -7.56. The van der Waals surface area contributed by atoms with Crippen molar-refractivity contribution in [1.29, 1.82) is 0 Å². The zero-order valence-electron chi connectivity index (χ0n) is 57.0. The number of esters is 2. The van der Waals surface area contributed by atoms with Crippen LogP contribution in [0.5, 0.6) is 5.75 Å². The molecule has 8 aromatic rings. The number of benzene rings is 1. The highest BCUT2D eigenvalue weighted by Gasteiger charge is 2.50. The number of carbonyl (C=O) groups excluding carboxylic acids is 8. The Hall–Kier alpha value is -8.97. The molecule has 12 bridgehead atoms. The van der Waals surface area contributed by atoms with Crippen molar-refractivity contribution in [3.05, 3.63) is 112 Å². The minimum Gasteiger partial charge on any atom is -0.506 e. The van der Waals surface area contributed by atoms with Crippen LogP contribution in [0.2, 0.25) is 0 Å². The number of aromatic nitrogens is 7. The number of rotatable bonds is 14. The fourth-order valence-electron chi connectivity index (χ4n) is 12.3. The largest absolute Gasteiger partial charge is 0.506 e. The number of thioether (sulfide) groups is 1. The summed E-state index contributed by atoms with van der Waals surface area (Å²) in [6, 6.07) is -0.390. The van der Waals surface area contributed by atoms with Gasteiger partial charge >= 0.3 is 11.9 Å². The second-order valence-electron chi connectivity index (χ2n) is 25.3. The van der Waals surface area contributed by atoms with E-state index in [1.807, 2.05) is 19.0 Å². The number of nitrogens with zero attached hydrogens (tertiary/aromatic N) is 9. The van der Waals surface area contributed by atoms with Crippen LogP contribution in [0.1, 0.15) is 125 Å². The highest BCUT2D eigenvalue weighted by atomic mass is 32.2. The van der Waals surface area contributed by atoms with Crippen LogP contribution >= 0.6 is 68.4 Å². The van der Waals surface area contributed by atoms with Gasteiger partial charge in [0.05, 0.1) is 43.1 Å². The Labute approximate surface area is 616 Å². The van der Waals surface area contributed by atoms with E-state index in [0.29, 0.717) is 22.6 Å². The van der Waals surface area contributed by atoms with Gasteiger partial charge in [-0.15, -0.1) is 56.7 Å². The van der Waals surface area contributed by atoms with Crippen molar-refractivity contribution in [3.63, 3.8) is 0 Å². The van der Waals surface area contributed by atoms with E-state index >= 15 is 19.2 Å². The zero-order valence-corrected chi connectivity index (χ0v) is 61.9. The Bertz CT molecular complexity index is 4690. The van der Waals surface area contributed by atoms with Crippen LogP contribution in [0.3, 0.4) is 0 Å². The van der Waals surface area contributed by atoms with Gasteiger partial charge in [0.25, 0.3) is 23.6 Å². The molecule has 104 heavy (non-hydrogen) atoms. The molecule has 7 unspecified atom stereocenters. The molecular formula is C65H71N15O18S6. The Morgan fingerprint density at radius 2 is 1.53 bits per heavy atom. The second-order valence-corrected chi connectivity index (χ2v) is 30.8. The maximum absolute atomic E-state index is 15.2. The molecule has 4 aliphatic heterocycles. The van der Waals surface area contributed by atoms with Gasteiger partial charge in [0.2, 0.25) is 11.8 Å². The van der Waals surface area contributed by atoms with Gasteiger partial charge in [-0.2, -0.15) is 16.5 Å². The summed E-state index contributed by atoms with van der Waals surface area (Å²) in [5.41, 5.74) is 3.00. The SMILES string of the molecule is COC(C)=C1NC(=O)C(C(C)O)NC(=O)c2csc(n2)-c2cc(O)c(-c3nc(C(=O)NC(CSCCN(C)C)C(N)=O)cs3)nc2-c2csc(n2)C2COC(=O)c3c4c5c(cccc5n3O)COC(=O)C(O[C@H]3C[C@](C)(O)[C@H](N(C)C)[C@H](C)O3)C(OC4)C(NC(=O)c3csc1n3)c1nc(cs1)C(=O)N2. The highest BCUT2D eigenvalue weighted by Crippen LogP contribution is 2.43. The molecule has 550 valence electrons. The number of hydrogen-bond acceptors (Lipinski definition) is 32. The van der Waals surface area contributed by atoms with E-state index in [4.69, 9.17) is 49.1 Å². The third-order valence-corrected chi connectivity index (χ3v) is 22.9. The number of likely N-dealkylation sites (N-methyl/N-ethyl adjacent to an activating group) is 1. The number of aliphatic hydroxyl groups is 2. The topological polar surface area (TPSA) is 448 Å². The highest BCUT2D eigenvalue weighted by molar-refractivity contribution is 7.99. The number of fused-ring (bicyclic) bond motifs is 15. The third-order valence-electron chi connectivity index (χ3n) is 17.4. The predicted molar refractivity (Wildman–Crippen MR) is 381 cm³/mol. The predicted octanol–water partition coefficient (Wildman–Crippen LogP) is 4.04. The molecule has 1 fully saturated rings. The first-order valence-corrected chi connectivity index (χ1v) is 37.6. The molecule has 11 heterocycles. The normalized spacial score (nSPS) is 23.7. The van der Waals surface area contributed by atoms with Gasteiger partial charge in [-0.3, -0.25) is 28.8 Å². The maximum Gasteiger partial charge on any atom is 0.358 e. The zero-order chi connectivity index (χ0) is 74.3. The van der Waals surface area contributed by atoms with Crippen molar-refractivity contribution in [2.75, 3.05) is 60.0 Å². The van der Waals surface area contributed by atoms with Crippen molar-refractivity contribution in [2.45, 2.75) is 114 Å². The Kier molecular flexibility index (Phi) is 22.3. The fraction of sp³-hybridized carbons (Fsp3) is 0.415. The van der Waals surface area contributed by atoms with E-state index in [1.54, 1.807) is 45.0 Å². The summed E-state index contributed by atoms with van der Waals surface area (Å²) in [7, 11) is 8.65. The lowest BCUT2D eigenvalue weighted by Gasteiger charge is -2.48. The molecule has 39 heteroatoms. The van der Waals surface area contributed by atoms with Crippen molar-refractivity contribution in [1.82, 2.24) is 71.0 Å². The number of aromatic hydroxyl groups is 1. The lowest BCUT2D eigenvalue weighted by atomic mass is 9.85. The van der Waals surface area contributed by atoms with Gasteiger partial charge in [0.1, 0.15) is 126 Å². The Morgan fingerprint density at radius 3 is 2.24 bits per heavy atom. The molecule has 1 aromatic carbocycles. The first-order valence-electron chi connectivity index (χ1n) is 32.1. The van der Waals surface area contributed by atoms with Gasteiger partial charge in [0, 0.05) is 67.9 Å². The molecular weight excluding hydrogens is 1470 g/mol. The number of hydrogen-bond donors (Lipinski definition) is 10. The summed E-state index contributed by atoms with van der Waals surface area (Å²) >= 11 is 5.95. The Balaban J connectivity index is 1.01. The van der Waals surface area contributed by atoms with Gasteiger partial charge in [-0.05, 0) is 73.6 Å². The number of allylic oxidation sites excluding steroid dienone is 1. The van der Waals surface area contributed by atoms with Gasteiger partial charge < -0.3 is 91.1 Å². The van der Waals surface area contributed by atoms with E-state index in [9.17, 15) is 39.7 Å². The van der Waals surface area contributed by atoms with Crippen LogP contribution in [-0.2, 0) is 56.0 Å². The second kappa shape index (κ2) is 31.0. The quantitative estimate of drug-likeness (QED) is 0.0318. The van der Waals surface area contributed by atoms with Crippen LogP contribution in [0, 0.1) is 0 Å². The number of thiazole rings is 5. The minimum atomic E-state index is -1.92. The first-order chi connectivity index (χ1) is 49.6. The van der Waals surface area contributed by atoms with Crippen LogP contribution in [0.4, 0.5) is 0 Å². The molecule has 4 aliphatic rings. The van der Waals surface area contributed by atoms with E-state index in [0.717, 1.165) is 56.7 Å². The monoisotopic (exact) mass is 1540 g/mol. The van der Waals surface area contributed by atoms with Crippen molar-refractivity contribution >= 4 is 132 Å². The average molecular weight is 1540 g/mol. The van der Waals surface area contributed by atoms with E-state index in [-0.39, 0.29) is 111 Å². The standard InChI is InChI=1S/C65H71N15O18S6/c1-26(81)43-57(88)76-44(27(2)93-9)60-71-38(25-102-60)56(87)77-47-49-50(98-41-16-65(4,91)51(79(7)8)28(3)97-41)64(90)95-17-29-11-10-12-39-42(29)31(18-94-49)48(80(39)92)63(89)96-19-32(67-53(84)35-24-104-62(47)73-35)59-69-33(21-101-59)45-30(58-70-37(22-100-58)55(86)75-43)15-40(82)46(74-45)61-72-36(23-103-61)54(85)68-34(52(66)83)20-99-14-13-78(5)6/h10-12,15,21-26,28,32,34,41,43,47,49-51,81-82,91-92H,13-14,16-20H2,1-9H3,(H2,66,83)(H,67,84)(H,68,85)(H,75,86)(H,76,88)(H,77,87)/t26?,28-,32?,34?,41-,43?,47?,49?,50?,51+,65-/m0/s1. The minimum absolute atomic E-state index is 0.0129. The van der Waals surface area contributed by atoms with Crippen LogP contribution in [-0.4, -0.2) is 227 Å². The number of carbonyl (C=O) groups is 8. The summed E-state index contributed by atoms with van der Waals surface area (Å²) in [5.74, 6) is -7.05. The number of nitrogens with two attached hydrogens (primary N) is 1. The molecule has 11 N–H and O–H groups in total.